The Morgan fingerprint density at radius 3 is 2.71 bits per heavy atom. The highest BCUT2D eigenvalue weighted by Crippen LogP contribution is 2.19. The zero-order valence-electron chi connectivity index (χ0n) is 7.19. The molecule has 0 aliphatic heterocycles. The SMILES string of the molecule is NCC(O)C(O)c1ncc(Cl)cc1F. The van der Waals surface area contributed by atoms with Crippen LogP contribution in [0.2, 0.25) is 5.02 Å². The van der Waals surface area contributed by atoms with Crippen molar-refractivity contribution in [3.8, 4) is 0 Å². The van der Waals surface area contributed by atoms with Gasteiger partial charge >= 0.3 is 0 Å². The maximum absolute atomic E-state index is 13.1. The highest BCUT2D eigenvalue weighted by atomic mass is 35.5. The van der Waals surface area contributed by atoms with Gasteiger partial charge in [-0.1, -0.05) is 11.6 Å². The number of aromatic nitrogens is 1. The Bertz CT molecular complexity index is 324. The zero-order valence-corrected chi connectivity index (χ0v) is 7.95. The maximum Gasteiger partial charge on any atom is 0.148 e. The molecule has 2 unspecified atom stereocenters. The molecular formula is C8H10ClFN2O2. The van der Waals surface area contributed by atoms with Crippen LogP contribution in [0.5, 0.6) is 0 Å². The molecule has 14 heavy (non-hydrogen) atoms. The number of aliphatic hydroxyl groups is 2. The molecule has 1 aromatic rings. The summed E-state index contributed by atoms with van der Waals surface area (Å²) in [5, 5.41) is 18.7. The van der Waals surface area contributed by atoms with Crippen molar-refractivity contribution in [2.24, 2.45) is 5.73 Å². The molecule has 1 rings (SSSR count). The number of nitrogens with two attached hydrogens (primary N) is 1. The number of aliphatic hydroxyl groups excluding tert-OH is 2. The molecule has 0 saturated heterocycles. The number of rotatable bonds is 3. The van der Waals surface area contributed by atoms with E-state index in [-0.39, 0.29) is 17.3 Å². The maximum atomic E-state index is 13.1. The molecule has 4 nitrogen and oxygen atoms in total. The van der Waals surface area contributed by atoms with E-state index in [1.54, 1.807) is 0 Å². The van der Waals surface area contributed by atoms with Gasteiger partial charge in [0.1, 0.15) is 17.6 Å². The Morgan fingerprint density at radius 1 is 1.57 bits per heavy atom. The molecule has 0 fully saturated rings. The lowest BCUT2D eigenvalue weighted by atomic mass is 10.1. The molecule has 0 bridgehead atoms. The molecule has 6 heteroatoms. The van der Waals surface area contributed by atoms with Crippen molar-refractivity contribution in [2.75, 3.05) is 6.54 Å². The Hall–Kier alpha value is -0.750. The summed E-state index contributed by atoms with van der Waals surface area (Å²) in [6.07, 6.45) is -1.48. The summed E-state index contributed by atoms with van der Waals surface area (Å²) < 4.78 is 13.1. The Labute approximate surface area is 85.1 Å². The van der Waals surface area contributed by atoms with Gasteiger partial charge in [0.25, 0.3) is 0 Å². The zero-order chi connectivity index (χ0) is 10.7. The van der Waals surface area contributed by atoms with Gasteiger partial charge in [-0.2, -0.15) is 0 Å². The van der Waals surface area contributed by atoms with E-state index in [2.05, 4.69) is 4.98 Å². The summed E-state index contributed by atoms with van der Waals surface area (Å²) >= 11 is 5.46. The first-order valence-electron chi connectivity index (χ1n) is 3.93. The van der Waals surface area contributed by atoms with Gasteiger partial charge in [-0.25, -0.2) is 4.39 Å². The van der Waals surface area contributed by atoms with Crippen LogP contribution in [0.15, 0.2) is 12.3 Å². The molecule has 78 valence electrons. The predicted octanol–water partition coefficient (Wildman–Crippen LogP) is 0.227. The summed E-state index contributed by atoms with van der Waals surface area (Å²) in [6, 6.07) is 1.01. The third-order valence-electron chi connectivity index (χ3n) is 1.72. The van der Waals surface area contributed by atoms with Crippen molar-refractivity contribution >= 4 is 11.6 Å². The van der Waals surface area contributed by atoms with E-state index in [4.69, 9.17) is 22.4 Å². The minimum absolute atomic E-state index is 0.126. The van der Waals surface area contributed by atoms with Crippen molar-refractivity contribution in [3.63, 3.8) is 0 Å². The van der Waals surface area contributed by atoms with Gasteiger partial charge in [0.2, 0.25) is 0 Å². The lowest BCUT2D eigenvalue weighted by Gasteiger charge is -2.15. The van der Waals surface area contributed by atoms with Crippen molar-refractivity contribution in [3.05, 3.63) is 28.8 Å². The molecule has 4 N–H and O–H groups in total. The van der Waals surface area contributed by atoms with Crippen LogP contribution < -0.4 is 5.73 Å². The molecule has 0 radical (unpaired) electrons. The molecule has 0 saturated carbocycles. The minimum Gasteiger partial charge on any atom is -0.389 e. The highest BCUT2D eigenvalue weighted by molar-refractivity contribution is 6.30. The second-order valence-corrected chi connectivity index (χ2v) is 3.20. The first kappa shape index (κ1) is 11.3. The fraction of sp³-hybridized carbons (Fsp3) is 0.375. The van der Waals surface area contributed by atoms with E-state index in [1.165, 1.54) is 6.20 Å². The topological polar surface area (TPSA) is 79.4 Å². The van der Waals surface area contributed by atoms with Gasteiger partial charge in [0, 0.05) is 12.7 Å². The van der Waals surface area contributed by atoms with E-state index in [0.29, 0.717) is 0 Å². The number of pyridine rings is 1. The number of hydrogen-bond donors (Lipinski definition) is 3. The van der Waals surface area contributed by atoms with Gasteiger partial charge in [0.05, 0.1) is 11.1 Å². The Morgan fingerprint density at radius 2 is 2.21 bits per heavy atom. The molecule has 0 aliphatic rings. The molecule has 1 aromatic heterocycles. The smallest absolute Gasteiger partial charge is 0.148 e. The third kappa shape index (κ3) is 2.39. The van der Waals surface area contributed by atoms with E-state index < -0.39 is 18.0 Å². The normalized spacial score (nSPS) is 15.2. The lowest BCUT2D eigenvalue weighted by molar-refractivity contribution is 0.0194. The molecule has 0 spiro atoms. The van der Waals surface area contributed by atoms with Crippen LogP contribution in [0.1, 0.15) is 11.8 Å². The van der Waals surface area contributed by atoms with E-state index in [0.717, 1.165) is 6.07 Å². The first-order chi connectivity index (χ1) is 6.56. The summed E-state index contributed by atoms with van der Waals surface area (Å²) in [6.45, 7) is -0.176. The number of hydrogen-bond acceptors (Lipinski definition) is 4. The third-order valence-corrected chi connectivity index (χ3v) is 1.93. The molecule has 0 amide bonds. The van der Waals surface area contributed by atoms with E-state index in [1.807, 2.05) is 0 Å². The summed E-state index contributed by atoms with van der Waals surface area (Å²) in [7, 11) is 0. The molecule has 1 heterocycles. The van der Waals surface area contributed by atoms with Crippen molar-refractivity contribution in [2.45, 2.75) is 12.2 Å². The average molecular weight is 221 g/mol. The lowest BCUT2D eigenvalue weighted by Crippen LogP contribution is -2.28. The molecule has 2 atom stereocenters. The summed E-state index contributed by atoms with van der Waals surface area (Å²) in [5.74, 6) is -0.766. The Kier molecular flexibility index (Phi) is 3.77. The van der Waals surface area contributed by atoms with Gasteiger partial charge in [-0.15, -0.1) is 0 Å². The second-order valence-electron chi connectivity index (χ2n) is 2.77. The first-order valence-corrected chi connectivity index (χ1v) is 4.31. The van der Waals surface area contributed by atoms with Crippen LogP contribution in [0.25, 0.3) is 0 Å². The van der Waals surface area contributed by atoms with E-state index >= 15 is 0 Å². The fourth-order valence-corrected chi connectivity index (χ4v) is 1.10. The van der Waals surface area contributed by atoms with Gasteiger partial charge in [0.15, 0.2) is 0 Å². The minimum atomic E-state index is -1.43. The van der Waals surface area contributed by atoms with Gasteiger partial charge in [-0.3, -0.25) is 4.98 Å². The molecular weight excluding hydrogens is 211 g/mol. The standard InChI is InChI=1S/C8H10ClFN2O2/c9-4-1-5(10)7(12-3-4)8(14)6(13)2-11/h1,3,6,8,13-14H,2,11H2. The van der Waals surface area contributed by atoms with Crippen LogP contribution in [0.4, 0.5) is 4.39 Å². The number of halogens is 2. The van der Waals surface area contributed by atoms with E-state index in [9.17, 15) is 9.50 Å². The Balaban J connectivity index is 2.95. The van der Waals surface area contributed by atoms with Crippen LogP contribution >= 0.6 is 11.6 Å². The van der Waals surface area contributed by atoms with Crippen molar-refractivity contribution in [1.82, 2.24) is 4.98 Å². The van der Waals surface area contributed by atoms with Crippen LogP contribution in [0.3, 0.4) is 0 Å². The van der Waals surface area contributed by atoms with Gasteiger partial charge in [-0.05, 0) is 6.07 Å². The quantitative estimate of drug-likeness (QED) is 0.681. The van der Waals surface area contributed by atoms with Crippen molar-refractivity contribution in [1.29, 1.82) is 0 Å². The summed E-state index contributed by atoms with van der Waals surface area (Å²) in [5.41, 5.74) is 4.85. The van der Waals surface area contributed by atoms with Crippen LogP contribution in [0, 0.1) is 5.82 Å². The highest BCUT2D eigenvalue weighted by Gasteiger charge is 2.21. The van der Waals surface area contributed by atoms with Crippen LogP contribution in [-0.2, 0) is 0 Å². The largest absolute Gasteiger partial charge is 0.389 e. The summed E-state index contributed by atoms with van der Waals surface area (Å²) in [4.78, 5) is 3.57. The number of nitrogens with zero attached hydrogens (tertiary/aromatic N) is 1. The average Bonchev–Trinajstić information content (AvgIpc) is 2.15. The second kappa shape index (κ2) is 4.65. The monoisotopic (exact) mass is 220 g/mol. The van der Waals surface area contributed by atoms with Gasteiger partial charge < -0.3 is 15.9 Å². The predicted molar refractivity (Wildman–Crippen MR) is 49.2 cm³/mol. The van der Waals surface area contributed by atoms with Crippen LogP contribution in [-0.4, -0.2) is 27.8 Å². The van der Waals surface area contributed by atoms with Crippen molar-refractivity contribution < 1.29 is 14.6 Å². The molecule has 0 aliphatic carbocycles. The fourth-order valence-electron chi connectivity index (χ4n) is 0.954. The molecule has 0 aromatic carbocycles.